The Balaban J connectivity index is 2.38. The van der Waals surface area contributed by atoms with Crippen molar-refractivity contribution in [3.63, 3.8) is 0 Å². The summed E-state index contributed by atoms with van der Waals surface area (Å²) in [6.07, 6.45) is 0. The predicted octanol–water partition coefficient (Wildman–Crippen LogP) is 3.54. The number of nitrogens with zero attached hydrogens (tertiary/aromatic N) is 2. The fraction of sp³-hybridized carbons (Fsp3) is 0.400. The molecule has 9 heteroatoms. The van der Waals surface area contributed by atoms with Gasteiger partial charge in [0.2, 0.25) is 0 Å². The van der Waals surface area contributed by atoms with E-state index in [1.54, 1.807) is 45.0 Å². The molecule has 2 rings (SSSR count). The number of hydrogen-bond acceptors (Lipinski definition) is 7. The Morgan fingerprint density at radius 1 is 1.25 bits per heavy atom. The minimum absolute atomic E-state index is 0.206. The van der Waals surface area contributed by atoms with Crippen LogP contribution in [-0.4, -0.2) is 28.7 Å². The smallest absolute Gasteiger partial charge is 0.333 e. The van der Waals surface area contributed by atoms with Crippen LogP contribution in [0.5, 0.6) is 0 Å². The molecule has 7 nitrogen and oxygen atoms in total. The lowest BCUT2D eigenvalue weighted by molar-refractivity contribution is 0.0940. The highest BCUT2D eigenvalue weighted by atomic mass is 32.1. The van der Waals surface area contributed by atoms with Gasteiger partial charge in [-0.15, -0.1) is 5.10 Å². The molecule has 0 bridgehead atoms. The lowest BCUT2D eigenvalue weighted by atomic mass is 10.2. The zero-order valence-electron chi connectivity index (χ0n) is 13.8. The van der Waals surface area contributed by atoms with Crippen molar-refractivity contribution in [2.24, 2.45) is 0 Å². The summed E-state index contributed by atoms with van der Waals surface area (Å²) in [5.74, 6) is -1.32. The first kappa shape index (κ1) is 18.7. The quantitative estimate of drug-likeness (QED) is 0.716. The number of aromatic nitrogens is 2. The summed E-state index contributed by atoms with van der Waals surface area (Å²) in [7, 11) is -3.59. The van der Waals surface area contributed by atoms with E-state index >= 15 is 0 Å². The van der Waals surface area contributed by atoms with Crippen molar-refractivity contribution in [1.29, 1.82) is 0 Å². The Kier molecular flexibility index (Phi) is 6.62. The molecule has 1 heterocycles. The van der Waals surface area contributed by atoms with Crippen molar-refractivity contribution in [2.75, 3.05) is 13.2 Å². The lowest BCUT2D eigenvalue weighted by Gasteiger charge is -2.27. The summed E-state index contributed by atoms with van der Waals surface area (Å²) >= 11 is 0.988. The van der Waals surface area contributed by atoms with Crippen LogP contribution in [0, 0.1) is 6.92 Å². The Morgan fingerprint density at radius 3 is 2.38 bits per heavy atom. The number of benzene rings is 1. The number of rotatable bonds is 8. The summed E-state index contributed by atoms with van der Waals surface area (Å²) in [5, 5.41) is 6.59. The molecule has 2 aromatic rings. The summed E-state index contributed by atoms with van der Waals surface area (Å²) in [4.78, 5) is 12.9. The van der Waals surface area contributed by atoms with E-state index in [0.29, 0.717) is 16.1 Å². The number of carbonyl (C=O) groups excluding carboxylic acids is 1. The molecule has 0 saturated carbocycles. The van der Waals surface area contributed by atoms with Crippen molar-refractivity contribution < 1.29 is 18.4 Å². The third-order valence-electron chi connectivity index (χ3n) is 3.18. The van der Waals surface area contributed by atoms with Gasteiger partial charge in [0, 0.05) is 0 Å². The van der Waals surface area contributed by atoms with E-state index in [4.69, 9.17) is 9.05 Å². The summed E-state index contributed by atoms with van der Waals surface area (Å²) in [5.41, 5.74) is 1.16. The lowest BCUT2D eigenvalue weighted by Crippen LogP contribution is -2.29. The zero-order chi connectivity index (χ0) is 17.6. The largest absolute Gasteiger partial charge is 0.357 e. The second-order valence-electron chi connectivity index (χ2n) is 4.85. The highest BCUT2D eigenvalue weighted by Gasteiger charge is 2.38. The third kappa shape index (κ3) is 4.27. The minimum Gasteiger partial charge on any atom is -0.333 e. The molecule has 0 saturated heterocycles. The molecular weight excluding hydrogens is 349 g/mol. The first-order valence-corrected chi connectivity index (χ1v) is 9.94. The van der Waals surface area contributed by atoms with Gasteiger partial charge in [-0.2, -0.15) is 0 Å². The number of carbonyl (C=O) groups is 1. The van der Waals surface area contributed by atoms with Gasteiger partial charge in [-0.25, -0.2) is 0 Å². The van der Waals surface area contributed by atoms with Gasteiger partial charge < -0.3 is 14.4 Å². The zero-order valence-corrected chi connectivity index (χ0v) is 15.5. The van der Waals surface area contributed by atoms with Gasteiger partial charge in [-0.1, -0.05) is 34.8 Å². The standard InChI is InChI=1S/C15H20N3O4PS/c1-4-21-23(20,22-5-2)15(12-9-7-6-8-10-12)16-14(19)13-11(3)17-18-24-13/h6-10,15H,4-5H2,1-3H3,(H,16,19). The Bertz CT molecular complexity index is 713. The van der Waals surface area contributed by atoms with Crippen LogP contribution in [0.25, 0.3) is 0 Å². The molecule has 1 atom stereocenters. The maximum Gasteiger partial charge on any atom is 0.357 e. The van der Waals surface area contributed by atoms with Gasteiger partial charge >= 0.3 is 7.60 Å². The summed E-state index contributed by atoms with van der Waals surface area (Å²) < 4.78 is 27.8. The molecule has 24 heavy (non-hydrogen) atoms. The predicted molar refractivity (Wildman–Crippen MR) is 92.2 cm³/mol. The van der Waals surface area contributed by atoms with E-state index in [9.17, 15) is 9.36 Å². The van der Waals surface area contributed by atoms with Gasteiger partial charge in [-0.3, -0.25) is 9.36 Å². The van der Waals surface area contributed by atoms with Crippen molar-refractivity contribution in [3.8, 4) is 0 Å². The van der Waals surface area contributed by atoms with E-state index < -0.39 is 19.3 Å². The molecule has 1 unspecified atom stereocenters. The maximum atomic E-state index is 13.2. The summed E-state index contributed by atoms with van der Waals surface area (Å²) in [6, 6.07) is 8.99. The van der Waals surface area contributed by atoms with E-state index in [2.05, 4.69) is 14.9 Å². The highest BCUT2D eigenvalue weighted by Crippen LogP contribution is 2.59. The van der Waals surface area contributed by atoms with Crippen LogP contribution in [0.15, 0.2) is 30.3 Å². The van der Waals surface area contributed by atoms with Crippen LogP contribution in [0.4, 0.5) is 0 Å². The first-order valence-electron chi connectivity index (χ1n) is 7.55. The van der Waals surface area contributed by atoms with Crippen LogP contribution in [0.1, 0.15) is 40.6 Å². The second-order valence-corrected chi connectivity index (χ2v) is 7.72. The molecule has 1 aromatic carbocycles. The monoisotopic (exact) mass is 369 g/mol. The average Bonchev–Trinajstić information content (AvgIpc) is 3.00. The van der Waals surface area contributed by atoms with Crippen molar-refractivity contribution in [3.05, 3.63) is 46.5 Å². The van der Waals surface area contributed by atoms with Gasteiger partial charge in [0.05, 0.1) is 18.9 Å². The van der Waals surface area contributed by atoms with Crippen LogP contribution in [0.3, 0.4) is 0 Å². The fourth-order valence-electron chi connectivity index (χ4n) is 2.16. The van der Waals surface area contributed by atoms with Gasteiger partial charge in [-0.05, 0) is 37.9 Å². The first-order chi connectivity index (χ1) is 11.5. The molecule has 0 aliphatic heterocycles. The van der Waals surface area contributed by atoms with Crippen LogP contribution in [-0.2, 0) is 13.6 Å². The molecule has 0 aliphatic carbocycles. The van der Waals surface area contributed by atoms with E-state index in [1.807, 2.05) is 6.07 Å². The maximum absolute atomic E-state index is 13.2. The van der Waals surface area contributed by atoms with E-state index in [-0.39, 0.29) is 13.2 Å². The van der Waals surface area contributed by atoms with Gasteiger partial charge in [0.15, 0.2) is 5.78 Å². The molecule has 1 aromatic heterocycles. The fourth-order valence-corrected chi connectivity index (χ4v) is 4.62. The Morgan fingerprint density at radius 2 is 1.88 bits per heavy atom. The normalized spacial score (nSPS) is 12.8. The van der Waals surface area contributed by atoms with Crippen molar-refractivity contribution in [2.45, 2.75) is 26.6 Å². The Hall–Kier alpha value is -1.60. The van der Waals surface area contributed by atoms with Crippen molar-refractivity contribution in [1.82, 2.24) is 14.9 Å². The van der Waals surface area contributed by atoms with Gasteiger partial charge in [0.25, 0.3) is 5.91 Å². The molecule has 1 N–H and O–H groups in total. The third-order valence-corrected chi connectivity index (χ3v) is 6.30. The van der Waals surface area contributed by atoms with Crippen LogP contribution in [0.2, 0.25) is 0 Å². The molecule has 130 valence electrons. The number of nitrogens with one attached hydrogen (secondary N) is 1. The summed E-state index contributed by atoms with van der Waals surface area (Å²) in [6.45, 7) is 5.56. The average molecular weight is 369 g/mol. The van der Waals surface area contributed by atoms with E-state index in [1.165, 1.54) is 0 Å². The molecule has 1 amide bonds. The highest BCUT2D eigenvalue weighted by molar-refractivity contribution is 7.54. The SMILES string of the molecule is CCOP(=O)(OCC)C(NC(=O)c1snnc1C)c1ccccc1. The number of amides is 1. The molecular formula is C15H20N3O4PS. The molecule has 0 fully saturated rings. The van der Waals surface area contributed by atoms with Crippen molar-refractivity contribution >= 4 is 25.0 Å². The molecule has 0 aliphatic rings. The molecule has 0 spiro atoms. The number of hydrogen-bond donors (Lipinski definition) is 1. The van der Waals surface area contributed by atoms with Gasteiger partial charge in [0.1, 0.15) is 4.88 Å². The molecule has 0 radical (unpaired) electrons. The Labute approximate surface area is 145 Å². The van der Waals surface area contributed by atoms with E-state index in [0.717, 1.165) is 11.5 Å². The topological polar surface area (TPSA) is 90.4 Å². The second kappa shape index (κ2) is 8.48. The van der Waals surface area contributed by atoms with Crippen LogP contribution >= 0.6 is 19.1 Å². The van der Waals surface area contributed by atoms with Crippen LogP contribution < -0.4 is 5.32 Å². The number of aryl methyl sites for hydroxylation is 1. The minimum atomic E-state index is -3.59.